The largest absolute Gasteiger partial charge is 0.308 e. The Morgan fingerprint density at radius 3 is 2.24 bits per heavy atom. The number of nitrogens with zero attached hydrogens (tertiary/aromatic N) is 1. The number of hydrogen-bond acceptors (Lipinski definition) is 2. The Morgan fingerprint density at radius 2 is 1.71 bits per heavy atom. The molecule has 1 aromatic rings. The van der Waals surface area contributed by atoms with Crippen LogP contribution in [0.1, 0.15) is 63.8 Å². The van der Waals surface area contributed by atoms with E-state index in [2.05, 4.69) is 76.9 Å². The lowest BCUT2D eigenvalue weighted by Crippen LogP contribution is -2.53. The molecule has 0 aliphatic carbocycles. The average molecular weight is 290 g/mol. The maximum Gasteiger partial charge on any atom is 0.0504 e. The minimum absolute atomic E-state index is 0.0945. The van der Waals surface area contributed by atoms with Gasteiger partial charge in [0.15, 0.2) is 0 Å². The van der Waals surface area contributed by atoms with Crippen molar-refractivity contribution in [2.75, 3.05) is 19.6 Å². The first-order valence-corrected chi connectivity index (χ1v) is 8.44. The van der Waals surface area contributed by atoms with Gasteiger partial charge in [-0.15, -0.1) is 0 Å². The van der Waals surface area contributed by atoms with Gasteiger partial charge in [-0.05, 0) is 70.4 Å². The number of likely N-dealkylation sites (N-methyl/N-ethyl adjacent to an activating group) is 1. The van der Waals surface area contributed by atoms with Crippen molar-refractivity contribution >= 4 is 0 Å². The first kappa shape index (κ1) is 18.2. The van der Waals surface area contributed by atoms with Gasteiger partial charge in [0.2, 0.25) is 0 Å². The molecule has 0 amide bonds. The van der Waals surface area contributed by atoms with Crippen molar-refractivity contribution in [3.8, 4) is 0 Å². The van der Waals surface area contributed by atoms with Crippen LogP contribution in [0.3, 0.4) is 0 Å². The second-order valence-corrected chi connectivity index (χ2v) is 6.50. The summed E-state index contributed by atoms with van der Waals surface area (Å²) in [5.74, 6) is 0. The van der Waals surface area contributed by atoms with Gasteiger partial charge in [0.1, 0.15) is 0 Å². The molecule has 0 saturated carbocycles. The van der Waals surface area contributed by atoms with Gasteiger partial charge in [-0.1, -0.05) is 39.0 Å². The standard InChI is InChI=1S/C19H34N2/c1-8-14-20-18(19(6,7)21(9-2)10-3)17-13-11-12-15(4)16(17)5/h11-13,18,20H,8-10,14H2,1-7H3. The zero-order valence-corrected chi connectivity index (χ0v) is 15.1. The summed E-state index contributed by atoms with van der Waals surface area (Å²) in [5.41, 5.74) is 4.34. The lowest BCUT2D eigenvalue weighted by atomic mass is 9.83. The maximum absolute atomic E-state index is 3.80. The van der Waals surface area contributed by atoms with Crippen LogP contribution in [0.2, 0.25) is 0 Å². The molecular formula is C19H34N2. The van der Waals surface area contributed by atoms with Crippen LogP contribution in [0, 0.1) is 13.8 Å². The summed E-state index contributed by atoms with van der Waals surface area (Å²) in [6, 6.07) is 7.05. The van der Waals surface area contributed by atoms with Crippen LogP contribution in [0.5, 0.6) is 0 Å². The van der Waals surface area contributed by atoms with Crippen molar-refractivity contribution in [3.63, 3.8) is 0 Å². The quantitative estimate of drug-likeness (QED) is 0.760. The molecule has 1 atom stereocenters. The third-order valence-electron chi connectivity index (χ3n) is 4.84. The molecule has 1 unspecified atom stereocenters. The minimum Gasteiger partial charge on any atom is -0.308 e. The first-order valence-electron chi connectivity index (χ1n) is 8.44. The summed E-state index contributed by atoms with van der Waals surface area (Å²) in [6.45, 7) is 19.2. The Morgan fingerprint density at radius 1 is 1.10 bits per heavy atom. The second kappa shape index (κ2) is 7.95. The maximum atomic E-state index is 3.80. The molecule has 1 aromatic carbocycles. The Kier molecular flexibility index (Phi) is 6.89. The number of benzene rings is 1. The number of rotatable bonds is 8. The Hall–Kier alpha value is -0.860. The molecule has 0 heterocycles. The highest BCUT2D eigenvalue weighted by Gasteiger charge is 2.35. The molecule has 2 nitrogen and oxygen atoms in total. The first-order chi connectivity index (χ1) is 9.89. The van der Waals surface area contributed by atoms with Gasteiger partial charge >= 0.3 is 0 Å². The van der Waals surface area contributed by atoms with E-state index in [9.17, 15) is 0 Å². The summed E-state index contributed by atoms with van der Waals surface area (Å²) in [6.07, 6.45) is 1.16. The molecule has 1 rings (SSSR count). The van der Waals surface area contributed by atoms with E-state index in [1.54, 1.807) is 0 Å². The minimum atomic E-state index is 0.0945. The Labute approximate surface area is 131 Å². The zero-order valence-electron chi connectivity index (χ0n) is 15.1. The molecule has 0 aromatic heterocycles. The zero-order chi connectivity index (χ0) is 16.0. The lowest BCUT2D eigenvalue weighted by Gasteiger charge is -2.44. The van der Waals surface area contributed by atoms with Crippen molar-refractivity contribution in [2.24, 2.45) is 0 Å². The van der Waals surface area contributed by atoms with Crippen LogP contribution in [0.4, 0.5) is 0 Å². The fourth-order valence-corrected chi connectivity index (χ4v) is 3.34. The summed E-state index contributed by atoms with van der Waals surface area (Å²) >= 11 is 0. The van der Waals surface area contributed by atoms with Gasteiger partial charge in [0.05, 0.1) is 6.04 Å². The lowest BCUT2D eigenvalue weighted by molar-refractivity contribution is 0.0909. The predicted molar refractivity (Wildman–Crippen MR) is 94.0 cm³/mol. The predicted octanol–water partition coefficient (Wildman–Crippen LogP) is 4.46. The summed E-state index contributed by atoms with van der Waals surface area (Å²) < 4.78 is 0. The van der Waals surface area contributed by atoms with Gasteiger partial charge in [-0.3, -0.25) is 4.90 Å². The van der Waals surface area contributed by atoms with E-state index in [0.717, 1.165) is 26.1 Å². The van der Waals surface area contributed by atoms with Crippen molar-refractivity contribution in [1.29, 1.82) is 0 Å². The fraction of sp³-hybridized carbons (Fsp3) is 0.684. The molecule has 21 heavy (non-hydrogen) atoms. The van der Waals surface area contributed by atoms with E-state index in [0.29, 0.717) is 6.04 Å². The average Bonchev–Trinajstić information content (AvgIpc) is 2.44. The molecule has 120 valence electrons. The Bertz CT molecular complexity index is 433. The number of hydrogen-bond donors (Lipinski definition) is 1. The molecule has 0 saturated heterocycles. The second-order valence-electron chi connectivity index (χ2n) is 6.50. The topological polar surface area (TPSA) is 15.3 Å². The van der Waals surface area contributed by atoms with Crippen molar-refractivity contribution in [2.45, 2.75) is 66.5 Å². The van der Waals surface area contributed by atoms with Crippen LogP contribution in [0.15, 0.2) is 18.2 Å². The Balaban J connectivity index is 3.24. The van der Waals surface area contributed by atoms with Crippen LogP contribution in [-0.2, 0) is 0 Å². The molecule has 0 bridgehead atoms. The summed E-state index contributed by atoms with van der Waals surface area (Å²) in [5, 5.41) is 3.80. The normalized spacial score (nSPS) is 13.7. The van der Waals surface area contributed by atoms with Gasteiger partial charge < -0.3 is 5.32 Å². The van der Waals surface area contributed by atoms with E-state index in [1.165, 1.54) is 16.7 Å². The van der Waals surface area contributed by atoms with E-state index in [-0.39, 0.29) is 5.54 Å². The highest BCUT2D eigenvalue weighted by Crippen LogP contribution is 2.33. The van der Waals surface area contributed by atoms with E-state index < -0.39 is 0 Å². The van der Waals surface area contributed by atoms with Crippen LogP contribution >= 0.6 is 0 Å². The molecule has 0 fully saturated rings. The summed E-state index contributed by atoms with van der Waals surface area (Å²) in [7, 11) is 0. The van der Waals surface area contributed by atoms with E-state index in [4.69, 9.17) is 0 Å². The van der Waals surface area contributed by atoms with Crippen molar-refractivity contribution < 1.29 is 0 Å². The molecule has 2 heteroatoms. The molecule has 0 radical (unpaired) electrons. The smallest absolute Gasteiger partial charge is 0.0504 e. The third-order valence-corrected chi connectivity index (χ3v) is 4.84. The van der Waals surface area contributed by atoms with E-state index >= 15 is 0 Å². The highest BCUT2D eigenvalue weighted by atomic mass is 15.2. The molecule has 0 spiro atoms. The fourth-order valence-electron chi connectivity index (χ4n) is 3.34. The number of aryl methyl sites for hydroxylation is 1. The highest BCUT2D eigenvalue weighted by molar-refractivity contribution is 5.37. The van der Waals surface area contributed by atoms with Crippen molar-refractivity contribution in [3.05, 3.63) is 34.9 Å². The van der Waals surface area contributed by atoms with Crippen LogP contribution < -0.4 is 5.32 Å². The third kappa shape index (κ3) is 4.08. The molecule has 0 aliphatic rings. The van der Waals surface area contributed by atoms with E-state index in [1.807, 2.05) is 0 Å². The monoisotopic (exact) mass is 290 g/mol. The van der Waals surface area contributed by atoms with Gasteiger partial charge in [0.25, 0.3) is 0 Å². The van der Waals surface area contributed by atoms with Crippen LogP contribution in [-0.4, -0.2) is 30.1 Å². The molecule has 1 N–H and O–H groups in total. The van der Waals surface area contributed by atoms with Gasteiger partial charge in [-0.2, -0.15) is 0 Å². The van der Waals surface area contributed by atoms with Crippen molar-refractivity contribution in [1.82, 2.24) is 10.2 Å². The van der Waals surface area contributed by atoms with Crippen LogP contribution in [0.25, 0.3) is 0 Å². The number of nitrogens with one attached hydrogen (secondary N) is 1. The summed E-state index contributed by atoms with van der Waals surface area (Å²) in [4.78, 5) is 2.56. The van der Waals surface area contributed by atoms with Gasteiger partial charge in [-0.25, -0.2) is 0 Å². The molecular weight excluding hydrogens is 256 g/mol. The van der Waals surface area contributed by atoms with Gasteiger partial charge in [0, 0.05) is 5.54 Å². The molecule has 0 aliphatic heterocycles. The SMILES string of the molecule is CCCNC(c1cccc(C)c1C)C(C)(C)N(CC)CC.